The minimum absolute atomic E-state index is 0.183. The number of rotatable bonds is 5. The lowest BCUT2D eigenvalue weighted by atomic mass is 10.2. The first-order valence-electron chi connectivity index (χ1n) is 6.61. The predicted molar refractivity (Wildman–Crippen MR) is 69.6 cm³/mol. The van der Waals surface area contributed by atoms with Crippen molar-refractivity contribution in [2.24, 2.45) is 0 Å². The molecule has 2 heterocycles. The smallest absolute Gasteiger partial charge is 0.332 e. The van der Waals surface area contributed by atoms with Crippen LogP contribution in [-0.2, 0) is 16.1 Å². The number of aliphatic carboxylic acids is 1. The molecule has 2 aromatic rings. The number of hydrogen-bond acceptors (Lipinski definition) is 6. The second-order valence-corrected chi connectivity index (χ2v) is 4.68. The Bertz CT molecular complexity index is 613. The van der Waals surface area contributed by atoms with Gasteiger partial charge in [0.25, 0.3) is 5.89 Å². The Morgan fingerprint density at radius 2 is 2.14 bits per heavy atom. The van der Waals surface area contributed by atoms with Crippen LogP contribution in [0.4, 0.5) is 0 Å². The van der Waals surface area contributed by atoms with Gasteiger partial charge in [-0.15, -0.1) is 0 Å². The predicted octanol–water partition coefficient (Wildman–Crippen LogP) is 1.95. The molecule has 2 unspecified atom stereocenters. The minimum Gasteiger partial charge on any atom is -0.485 e. The van der Waals surface area contributed by atoms with Gasteiger partial charge in [0.05, 0.1) is 0 Å². The number of hydrogen-bond donors (Lipinski definition) is 1. The normalized spacial score (nSPS) is 21.3. The average Bonchev–Trinajstić information content (AvgIpc) is 3.15. The van der Waals surface area contributed by atoms with E-state index in [0.717, 1.165) is 0 Å². The highest BCUT2D eigenvalue weighted by atomic mass is 16.6. The maximum atomic E-state index is 10.8. The van der Waals surface area contributed by atoms with Gasteiger partial charge in [-0.25, -0.2) is 4.79 Å². The van der Waals surface area contributed by atoms with Crippen molar-refractivity contribution in [2.45, 2.75) is 31.7 Å². The number of ether oxygens (including phenoxy) is 2. The summed E-state index contributed by atoms with van der Waals surface area (Å²) in [6, 6.07) is 9.30. The van der Waals surface area contributed by atoms with Crippen molar-refractivity contribution in [3.8, 4) is 5.75 Å². The Morgan fingerprint density at radius 3 is 2.86 bits per heavy atom. The van der Waals surface area contributed by atoms with Crippen molar-refractivity contribution in [1.29, 1.82) is 0 Å². The molecular formula is C14H14N2O5. The third-order valence-electron chi connectivity index (χ3n) is 3.17. The van der Waals surface area contributed by atoms with Crippen molar-refractivity contribution in [2.75, 3.05) is 0 Å². The molecule has 1 N–H and O–H groups in total. The monoisotopic (exact) mass is 290 g/mol. The van der Waals surface area contributed by atoms with Gasteiger partial charge >= 0.3 is 5.97 Å². The van der Waals surface area contributed by atoms with E-state index in [1.165, 1.54) is 0 Å². The Labute approximate surface area is 120 Å². The molecule has 1 fully saturated rings. The van der Waals surface area contributed by atoms with E-state index in [9.17, 15) is 4.79 Å². The van der Waals surface area contributed by atoms with Crippen LogP contribution in [-0.4, -0.2) is 27.3 Å². The summed E-state index contributed by atoms with van der Waals surface area (Å²) in [5.41, 5.74) is 0. The standard InChI is InChI=1S/C14H14N2O5/c17-14(18)11-7-6-10(20-11)13-15-12(16-21-13)8-19-9-4-2-1-3-5-9/h1-5,10-11H,6-8H2,(H,17,18). The topological polar surface area (TPSA) is 94.7 Å². The molecule has 7 heteroatoms. The number of para-hydroxylation sites is 1. The summed E-state index contributed by atoms with van der Waals surface area (Å²) in [7, 11) is 0. The van der Waals surface area contributed by atoms with Crippen LogP contribution in [0, 0.1) is 0 Å². The van der Waals surface area contributed by atoms with Gasteiger partial charge in [0.15, 0.2) is 12.7 Å². The van der Waals surface area contributed by atoms with Crippen LogP contribution < -0.4 is 4.74 Å². The van der Waals surface area contributed by atoms with E-state index in [2.05, 4.69) is 10.1 Å². The second kappa shape index (κ2) is 5.92. The van der Waals surface area contributed by atoms with Crippen molar-refractivity contribution >= 4 is 5.97 Å². The molecule has 0 bridgehead atoms. The van der Waals surface area contributed by atoms with E-state index < -0.39 is 18.2 Å². The summed E-state index contributed by atoms with van der Waals surface area (Å²) >= 11 is 0. The van der Waals surface area contributed by atoms with Crippen LogP contribution in [0.1, 0.15) is 30.7 Å². The third-order valence-corrected chi connectivity index (χ3v) is 3.17. The lowest BCUT2D eigenvalue weighted by Gasteiger charge is -2.05. The molecule has 21 heavy (non-hydrogen) atoms. The summed E-state index contributed by atoms with van der Waals surface area (Å²) in [6.45, 7) is 0.183. The van der Waals surface area contributed by atoms with Gasteiger partial charge in [-0.1, -0.05) is 23.4 Å². The van der Waals surface area contributed by atoms with Crippen molar-refractivity contribution in [3.63, 3.8) is 0 Å². The number of benzene rings is 1. The highest BCUT2D eigenvalue weighted by Crippen LogP contribution is 2.31. The first-order chi connectivity index (χ1) is 10.2. The van der Waals surface area contributed by atoms with Gasteiger partial charge in [0, 0.05) is 0 Å². The first-order valence-corrected chi connectivity index (χ1v) is 6.61. The molecule has 0 radical (unpaired) electrons. The fourth-order valence-corrected chi connectivity index (χ4v) is 2.12. The van der Waals surface area contributed by atoms with E-state index in [4.69, 9.17) is 19.1 Å². The van der Waals surface area contributed by atoms with E-state index in [-0.39, 0.29) is 6.61 Å². The van der Waals surface area contributed by atoms with Crippen LogP contribution in [0.15, 0.2) is 34.9 Å². The highest BCUT2D eigenvalue weighted by Gasteiger charge is 2.34. The molecular weight excluding hydrogens is 276 g/mol. The van der Waals surface area contributed by atoms with Gasteiger partial charge < -0.3 is 19.1 Å². The molecule has 1 aromatic carbocycles. The molecule has 1 aromatic heterocycles. The van der Waals surface area contributed by atoms with Crippen LogP contribution in [0.2, 0.25) is 0 Å². The molecule has 7 nitrogen and oxygen atoms in total. The number of nitrogens with zero attached hydrogens (tertiary/aromatic N) is 2. The molecule has 0 aliphatic carbocycles. The second-order valence-electron chi connectivity index (χ2n) is 4.68. The minimum atomic E-state index is -0.968. The van der Waals surface area contributed by atoms with Crippen LogP contribution in [0.25, 0.3) is 0 Å². The van der Waals surface area contributed by atoms with Crippen LogP contribution in [0.3, 0.4) is 0 Å². The fraction of sp³-hybridized carbons (Fsp3) is 0.357. The molecule has 3 rings (SSSR count). The van der Waals surface area contributed by atoms with E-state index in [1.54, 1.807) is 0 Å². The largest absolute Gasteiger partial charge is 0.485 e. The Morgan fingerprint density at radius 1 is 1.33 bits per heavy atom. The zero-order valence-electron chi connectivity index (χ0n) is 11.1. The Hall–Kier alpha value is -2.41. The van der Waals surface area contributed by atoms with Crippen LogP contribution in [0.5, 0.6) is 5.75 Å². The van der Waals surface area contributed by atoms with Gasteiger partial charge in [-0.05, 0) is 25.0 Å². The number of carboxylic acid groups (broad SMARTS) is 1. The molecule has 0 spiro atoms. The Kier molecular flexibility index (Phi) is 3.83. The summed E-state index contributed by atoms with van der Waals surface area (Å²) < 4.78 is 16.0. The van der Waals surface area contributed by atoms with E-state index >= 15 is 0 Å². The lowest BCUT2D eigenvalue weighted by Crippen LogP contribution is -2.18. The average molecular weight is 290 g/mol. The maximum Gasteiger partial charge on any atom is 0.332 e. The summed E-state index contributed by atoms with van der Waals surface area (Å²) in [6.07, 6.45) is -0.258. The Balaban J connectivity index is 1.58. The zero-order chi connectivity index (χ0) is 14.7. The third kappa shape index (κ3) is 3.19. The summed E-state index contributed by atoms with van der Waals surface area (Å²) in [5, 5.41) is 12.7. The van der Waals surface area contributed by atoms with Gasteiger partial charge in [-0.3, -0.25) is 0 Å². The number of carboxylic acids is 1. The molecule has 0 amide bonds. The SMILES string of the molecule is O=C(O)C1CCC(c2nc(COc3ccccc3)no2)O1. The van der Waals surface area contributed by atoms with Crippen molar-refractivity contribution in [3.05, 3.63) is 42.0 Å². The molecule has 0 saturated carbocycles. The van der Waals surface area contributed by atoms with Crippen molar-refractivity contribution < 1.29 is 23.9 Å². The van der Waals surface area contributed by atoms with Crippen LogP contribution >= 0.6 is 0 Å². The summed E-state index contributed by atoms with van der Waals surface area (Å²) in [5.74, 6) is 0.443. The van der Waals surface area contributed by atoms with E-state index in [1.807, 2.05) is 30.3 Å². The summed E-state index contributed by atoms with van der Waals surface area (Å²) in [4.78, 5) is 15.0. The number of carbonyl (C=O) groups is 1. The molecule has 1 aliphatic heterocycles. The highest BCUT2D eigenvalue weighted by molar-refractivity contribution is 5.72. The van der Waals surface area contributed by atoms with Crippen molar-refractivity contribution in [1.82, 2.24) is 10.1 Å². The molecule has 110 valence electrons. The van der Waals surface area contributed by atoms with Gasteiger partial charge in [0.1, 0.15) is 11.9 Å². The quantitative estimate of drug-likeness (QED) is 0.899. The fourth-order valence-electron chi connectivity index (χ4n) is 2.12. The lowest BCUT2D eigenvalue weighted by molar-refractivity contribution is -0.150. The van der Waals surface area contributed by atoms with Gasteiger partial charge in [-0.2, -0.15) is 4.98 Å². The number of aromatic nitrogens is 2. The van der Waals surface area contributed by atoms with E-state index in [0.29, 0.717) is 30.3 Å². The maximum absolute atomic E-state index is 10.8. The molecule has 1 aliphatic rings. The zero-order valence-corrected chi connectivity index (χ0v) is 11.1. The first kappa shape index (κ1) is 13.6. The molecule has 1 saturated heterocycles. The molecule has 2 atom stereocenters. The van der Waals surface area contributed by atoms with Gasteiger partial charge in [0.2, 0.25) is 5.82 Å².